The summed E-state index contributed by atoms with van der Waals surface area (Å²) < 4.78 is 32.4. The zero-order valence-electron chi connectivity index (χ0n) is 15.5. The van der Waals surface area contributed by atoms with Gasteiger partial charge in [-0.1, -0.05) is 25.4 Å². The molecule has 0 spiro atoms. The Balaban J connectivity index is 2.01. The average Bonchev–Trinajstić information content (AvgIpc) is 2.61. The summed E-state index contributed by atoms with van der Waals surface area (Å²) in [5, 5.41) is 3.20. The van der Waals surface area contributed by atoms with Crippen LogP contribution in [0.4, 0.5) is 0 Å². The van der Waals surface area contributed by atoms with Crippen molar-refractivity contribution < 1.29 is 17.9 Å². The maximum Gasteiger partial charge on any atom is 0.243 e. The van der Waals surface area contributed by atoms with Crippen molar-refractivity contribution in [1.29, 1.82) is 0 Å². The van der Waals surface area contributed by atoms with Crippen molar-refractivity contribution in [2.75, 3.05) is 26.2 Å². The Morgan fingerprint density at radius 2 is 2.00 bits per heavy atom. The van der Waals surface area contributed by atoms with Gasteiger partial charge in [0.1, 0.15) is 5.75 Å². The molecule has 0 aliphatic carbocycles. The number of piperidine rings is 1. The SMILES string of the molecule is CCOc1ccc(S(=O)(=O)N2CCC(C(=O)NCC(C)C)CC2)cc1Cl. The molecule has 1 aliphatic heterocycles. The normalized spacial score (nSPS) is 16.7. The molecular formula is C18H27ClN2O4S. The molecule has 2 rings (SSSR count). The van der Waals surface area contributed by atoms with E-state index in [1.165, 1.54) is 16.4 Å². The lowest BCUT2D eigenvalue weighted by atomic mass is 9.97. The molecule has 0 atom stereocenters. The van der Waals surface area contributed by atoms with Gasteiger partial charge in [0.05, 0.1) is 16.5 Å². The van der Waals surface area contributed by atoms with Crippen LogP contribution in [-0.2, 0) is 14.8 Å². The molecule has 0 unspecified atom stereocenters. The van der Waals surface area contributed by atoms with Gasteiger partial charge in [-0.05, 0) is 43.9 Å². The van der Waals surface area contributed by atoms with Crippen LogP contribution in [0.5, 0.6) is 5.75 Å². The predicted octanol–water partition coefficient (Wildman–Crippen LogP) is 2.91. The van der Waals surface area contributed by atoms with Gasteiger partial charge in [-0.2, -0.15) is 4.31 Å². The molecule has 1 aromatic carbocycles. The predicted molar refractivity (Wildman–Crippen MR) is 102 cm³/mol. The number of hydrogen-bond donors (Lipinski definition) is 1. The fourth-order valence-corrected chi connectivity index (χ4v) is 4.67. The van der Waals surface area contributed by atoms with Gasteiger partial charge in [-0.25, -0.2) is 8.42 Å². The highest BCUT2D eigenvalue weighted by molar-refractivity contribution is 7.89. The van der Waals surface area contributed by atoms with Crippen LogP contribution in [0.1, 0.15) is 33.6 Å². The highest BCUT2D eigenvalue weighted by Crippen LogP contribution is 2.30. The molecule has 0 bridgehead atoms. The maximum absolute atomic E-state index is 12.8. The molecule has 146 valence electrons. The molecule has 1 heterocycles. The maximum atomic E-state index is 12.8. The lowest BCUT2D eigenvalue weighted by Crippen LogP contribution is -2.43. The van der Waals surface area contributed by atoms with Crippen molar-refractivity contribution in [1.82, 2.24) is 9.62 Å². The van der Waals surface area contributed by atoms with Gasteiger partial charge in [0.25, 0.3) is 0 Å². The van der Waals surface area contributed by atoms with Crippen LogP contribution in [0.2, 0.25) is 5.02 Å². The van der Waals surface area contributed by atoms with Gasteiger partial charge in [0.15, 0.2) is 0 Å². The fraction of sp³-hybridized carbons (Fsp3) is 0.611. The number of benzene rings is 1. The fourth-order valence-electron chi connectivity index (χ4n) is 2.87. The van der Waals surface area contributed by atoms with Crippen molar-refractivity contribution >= 4 is 27.5 Å². The minimum atomic E-state index is -3.63. The largest absolute Gasteiger partial charge is 0.492 e. The standard InChI is InChI=1S/C18H27ClN2O4S/c1-4-25-17-6-5-15(11-16(17)19)26(23,24)21-9-7-14(8-10-21)18(22)20-12-13(2)3/h5-6,11,13-14H,4,7-10,12H2,1-3H3,(H,20,22). The van der Waals surface area contributed by atoms with Crippen LogP contribution in [0.25, 0.3) is 0 Å². The first-order valence-electron chi connectivity index (χ1n) is 8.96. The van der Waals surface area contributed by atoms with E-state index in [2.05, 4.69) is 5.32 Å². The summed E-state index contributed by atoms with van der Waals surface area (Å²) in [5.74, 6) is 0.737. The molecular weight excluding hydrogens is 376 g/mol. The quantitative estimate of drug-likeness (QED) is 0.760. The third-order valence-electron chi connectivity index (χ3n) is 4.35. The van der Waals surface area contributed by atoms with E-state index in [1.807, 2.05) is 20.8 Å². The zero-order valence-corrected chi connectivity index (χ0v) is 17.1. The number of carbonyl (C=O) groups is 1. The molecule has 1 aliphatic rings. The topological polar surface area (TPSA) is 75.7 Å². The molecule has 0 saturated carbocycles. The number of hydrogen-bond acceptors (Lipinski definition) is 4. The number of halogens is 1. The molecule has 26 heavy (non-hydrogen) atoms. The molecule has 1 N–H and O–H groups in total. The summed E-state index contributed by atoms with van der Waals surface area (Å²) in [6.07, 6.45) is 1.04. The van der Waals surface area contributed by atoms with Gasteiger partial charge in [-0.3, -0.25) is 4.79 Å². The first-order chi connectivity index (χ1) is 12.3. The van der Waals surface area contributed by atoms with Crippen LogP contribution < -0.4 is 10.1 Å². The van der Waals surface area contributed by atoms with E-state index in [1.54, 1.807) is 6.07 Å². The van der Waals surface area contributed by atoms with Crippen molar-refractivity contribution in [3.05, 3.63) is 23.2 Å². The van der Waals surface area contributed by atoms with E-state index in [-0.39, 0.29) is 21.7 Å². The Bertz CT molecular complexity index is 729. The molecule has 1 saturated heterocycles. The minimum Gasteiger partial charge on any atom is -0.492 e. The lowest BCUT2D eigenvalue weighted by molar-refractivity contribution is -0.126. The second-order valence-corrected chi connectivity index (χ2v) is 9.19. The van der Waals surface area contributed by atoms with Gasteiger partial charge in [0, 0.05) is 25.6 Å². The van der Waals surface area contributed by atoms with Crippen molar-refractivity contribution in [2.24, 2.45) is 11.8 Å². The summed E-state index contributed by atoms with van der Waals surface area (Å²) in [5.41, 5.74) is 0. The van der Waals surface area contributed by atoms with E-state index in [4.69, 9.17) is 16.3 Å². The van der Waals surface area contributed by atoms with E-state index >= 15 is 0 Å². The Hall–Kier alpha value is -1.31. The molecule has 0 aromatic heterocycles. The smallest absolute Gasteiger partial charge is 0.243 e. The van der Waals surface area contributed by atoms with Gasteiger partial charge < -0.3 is 10.1 Å². The van der Waals surface area contributed by atoms with Crippen LogP contribution in [0.3, 0.4) is 0 Å². The van der Waals surface area contributed by atoms with Crippen molar-refractivity contribution in [2.45, 2.75) is 38.5 Å². The van der Waals surface area contributed by atoms with Crippen molar-refractivity contribution in [3.63, 3.8) is 0 Å². The van der Waals surface area contributed by atoms with Crippen LogP contribution in [0.15, 0.2) is 23.1 Å². The molecule has 8 heteroatoms. The third-order valence-corrected chi connectivity index (χ3v) is 6.54. The van der Waals surface area contributed by atoms with Gasteiger partial charge in [-0.15, -0.1) is 0 Å². The molecule has 1 fully saturated rings. The summed E-state index contributed by atoms with van der Waals surface area (Å²) in [6.45, 7) is 7.66. The van der Waals surface area contributed by atoms with Crippen molar-refractivity contribution in [3.8, 4) is 5.75 Å². The first-order valence-corrected chi connectivity index (χ1v) is 10.8. The van der Waals surface area contributed by atoms with E-state index in [9.17, 15) is 13.2 Å². The summed E-state index contributed by atoms with van der Waals surface area (Å²) >= 11 is 6.12. The number of amides is 1. The number of nitrogens with zero attached hydrogens (tertiary/aromatic N) is 1. The second-order valence-electron chi connectivity index (χ2n) is 6.84. The summed E-state index contributed by atoms with van der Waals surface area (Å²) in [7, 11) is -3.63. The molecule has 6 nitrogen and oxygen atoms in total. The van der Waals surface area contributed by atoms with Gasteiger partial charge in [0.2, 0.25) is 15.9 Å². The Morgan fingerprint density at radius 3 is 2.54 bits per heavy atom. The lowest BCUT2D eigenvalue weighted by Gasteiger charge is -2.30. The van der Waals surface area contributed by atoms with E-state index in [0.717, 1.165) is 0 Å². The Kier molecular flexibility index (Phi) is 7.32. The Morgan fingerprint density at radius 1 is 1.35 bits per heavy atom. The second kappa shape index (κ2) is 9.06. The minimum absolute atomic E-state index is 0.0138. The number of sulfonamides is 1. The highest BCUT2D eigenvalue weighted by Gasteiger charge is 2.32. The number of ether oxygens (including phenoxy) is 1. The zero-order chi connectivity index (χ0) is 19.3. The highest BCUT2D eigenvalue weighted by atomic mass is 35.5. The Labute approximate surface area is 160 Å². The molecule has 1 aromatic rings. The number of carbonyl (C=O) groups excluding carboxylic acids is 1. The van der Waals surface area contributed by atoms with Crippen LogP contribution in [-0.4, -0.2) is 44.9 Å². The third kappa shape index (κ3) is 5.11. The summed E-state index contributed by atoms with van der Waals surface area (Å²) in [4.78, 5) is 12.3. The monoisotopic (exact) mass is 402 g/mol. The first kappa shape index (κ1) is 21.0. The summed E-state index contributed by atoms with van der Waals surface area (Å²) in [6, 6.07) is 4.50. The van der Waals surface area contributed by atoms with E-state index < -0.39 is 10.0 Å². The van der Waals surface area contributed by atoms with Crippen LogP contribution >= 0.6 is 11.6 Å². The molecule has 1 amide bonds. The van der Waals surface area contributed by atoms with Gasteiger partial charge >= 0.3 is 0 Å². The van der Waals surface area contributed by atoms with Crippen LogP contribution in [0, 0.1) is 11.8 Å². The number of rotatable bonds is 7. The molecule has 0 radical (unpaired) electrons. The number of nitrogens with one attached hydrogen (secondary N) is 1. The van der Waals surface area contributed by atoms with E-state index in [0.29, 0.717) is 50.8 Å². The average molecular weight is 403 g/mol.